The van der Waals surface area contributed by atoms with Crippen LogP contribution in [0.2, 0.25) is 0 Å². The molecule has 3 aromatic rings. The Morgan fingerprint density at radius 1 is 1.23 bits per heavy atom. The fourth-order valence-corrected chi connectivity index (χ4v) is 5.52. The van der Waals surface area contributed by atoms with Crippen LogP contribution >= 0.6 is 0 Å². The number of H-pyrrole nitrogens is 1. The van der Waals surface area contributed by atoms with Gasteiger partial charge in [-0.05, 0) is 63.5 Å². The van der Waals surface area contributed by atoms with Gasteiger partial charge in [0, 0.05) is 54.5 Å². The molecular weight excluding hydrogens is 386 g/mol. The highest BCUT2D eigenvalue weighted by atomic mass is 15.2. The Labute approximate surface area is 182 Å². The van der Waals surface area contributed by atoms with Crippen LogP contribution in [-0.2, 0) is 6.42 Å². The Bertz CT molecular complexity index is 1080. The Kier molecular flexibility index (Phi) is 5.56. The summed E-state index contributed by atoms with van der Waals surface area (Å²) in [7, 11) is 0. The number of aromatic nitrogens is 4. The normalized spacial score (nSPS) is 23.2. The molecule has 7 heteroatoms. The minimum Gasteiger partial charge on any atom is -0.323 e. The summed E-state index contributed by atoms with van der Waals surface area (Å²) in [5.74, 6) is 2.29. The summed E-state index contributed by atoms with van der Waals surface area (Å²) in [5.41, 5.74) is 3.09. The lowest BCUT2D eigenvalue weighted by atomic mass is 9.86. The van der Waals surface area contributed by atoms with E-state index in [4.69, 9.17) is 10.2 Å². The zero-order valence-electron chi connectivity index (χ0n) is 18.0. The number of anilines is 2. The van der Waals surface area contributed by atoms with Crippen molar-refractivity contribution in [1.29, 1.82) is 5.26 Å². The third-order valence-electron chi connectivity index (χ3n) is 6.89. The van der Waals surface area contributed by atoms with Crippen molar-refractivity contribution >= 4 is 22.5 Å². The van der Waals surface area contributed by atoms with E-state index in [0.29, 0.717) is 18.5 Å². The Hall–Kier alpha value is -2.98. The first-order valence-corrected chi connectivity index (χ1v) is 11.4. The van der Waals surface area contributed by atoms with Crippen LogP contribution in [0.3, 0.4) is 0 Å². The summed E-state index contributed by atoms with van der Waals surface area (Å²) in [5, 5.41) is 20.6. The maximum atomic E-state index is 8.96. The molecular formula is C24H29N7. The van der Waals surface area contributed by atoms with Crippen LogP contribution in [0, 0.1) is 24.2 Å². The summed E-state index contributed by atoms with van der Waals surface area (Å²) >= 11 is 0. The van der Waals surface area contributed by atoms with Gasteiger partial charge in [-0.1, -0.05) is 0 Å². The van der Waals surface area contributed by atoms with Crippen LogP contribution in [0.15, 0.2) is 30.5 Å². The molecule has 2 saturated heterocycles. The van der Waals surface area contributed by atoms with Gasteiger partial charge in [0.1, 0.15) is 5.82 Å². The van der Waals surface area contributed by atoms with Crippen LogP contribution in [0.5, 0.6) is 0 Å². The summed E-state index contributed by atoms with van der Waals surface area (Å²) in [6, 6.07) is 11.7. The highest BCUT2D eigenvalue weighted by Crippen LogP contribution is 2.40. The molecule has 2 fully saturated rings. The molecule has 0 aromatic carbocycles. The molecule has 0 spiro atoms. The standard InChI is InChI=1S/C24H29N7/c1-16-12-24(30-29-16)28-23-15-22-20(4-2-10-26-22)21(27-23)8-5-17-13-18-6-7-19(14-17)31(18)11-3-9-25/h2,4,10,12,15,17-19H,3,5-8,11,13-14H2,1H3,(H2,27,28,29,30)/t17?,18-,19+. The minimum atomic E-state index is 0.649. The van der Waals surface area contributed by atoms with Crippen molar-refractivity contribution in [1.82, 2.24) is 25.1 Å². The molecule has 2 bridgehead atoms. The number of fused-ring (bicyclic) bond motifs is 3. The van der Waals surface area contributed by atoms with E-state index in [1.165, 1.54) is 25.7 Å². The highest BCUT2D eigenvalue weighted by molar-refractivity contribution is 5.83. The van der Waals surface area contributed by atoms with Crippen molar-refractivity contribution in [3.63, 3.8) is 0 Å². The van der Waals surface area contributed by atoms with E-state index in [0.717, 1.165) is 59.2 Å². The van der Waals surface area contributed by atoms with E-state index in [2.05, 4.69) is 37.5 Å². The number of aromatic amines is 1. The molecule has 5 rings (SSSR count). The molecule has 5 heterocycles. The summed E-state index contributed by atoms with van der Waals surface area (Å²) in [6.45, 7) is 2.93. The van der Waals surface area contributed by atoms with Crippen molar-refractivity contribution in [2.45, 2.75) is 64.0 Å². The van der Waals surface area contributed by atoms with Gasteiger partial charge in [-0.25, -0.2) is 4.98 Å². The van der Waals surface area contributed by atoms with E-state index < -0.39 is 0 Å². The maximum absolute atomic E-state index is 8.96. The van der Waals surface area contributed by atoms with E-state index in [-0.39, 0.29) is 0 Å². The van der Waals surface area contributed by atoms with Crippen LogP contribution < -0.4 is 5.32 Å². The lowest BCUT2D eigenvalue weighted by Crippen LogP contribution is -2.43. The van der Waals surface area contributed by atoms with Crippen LogP contribution in [0.25, 0.3) is 10.9 Å². The summed E-state index contributed by atoms with van der Waals surface area (Å²) in [6.07, 6.45) is 9.69. The van der Waals surface area contributed by atoms with Gasteiger partial charge >= 0.3 is 0 Å². The predicted molar refractivity (Wildman–Crippen MR) is 121 cm³/mol. The number of nitrogens with one attached hydrogen (secondary N) is 2. The number of nitrogens with zero attached hydrogens (tertiary/aromatic N) is 5. The van der Waals surface area contributed by atoms with Crippen molar-refractivity contribution in [2.24, 2.45) is 5.92 Å². The molecule has 7 nitrogen and oxygen atoms in total. The van der Waals surface area contributed by atoms with Gasteiger partial charge in [0.25, 0.3) is 0 Å². The molecule has 160 valence electrons. The number of piperidine rings is 1. The zero-order chi connectivity index (χ0) is 21.2. The third-order valence-corrected chi connectivity index (χ3v) is 6.89. The van der Waals surface area contributed by atoms with Crippen molar-refractivity contribution in [2.75, 3.05) is 11.9 Å². The Morgan fingerprint density at radius 2 is 2.06 bits per heavy atom. The minimum absolute atomic E-state index is 0.649. The van der Waals surface area contributed by atoms with Gasteiger partial charge in [0.15, 0.2) is 5.82 Å². The fraction of sp³-hybridized carbons (Fsp3) is 0.500. The van der Waals surface area contributed by atoms with Gasteiger partial charge in [-0.3, -0.25) is 15.0 Å². The molecule has 0 saturated carbocycles. The van der Waals surface area contributed by atoms with Gasteiger partial charge in [-0.15, -0.1) is 0 Å². The first kappa shape index (κ1) is 20.0. The number of nitriles is 1. The molecule has 3 aromatic heterocycles. The molecule has 2 aliphatic heterocycles. The number of hydrogen-bond donors (Lipinski definition) is 2. The molecule has 0 aliphatic carbocycles. The average molecular weight is 416 g/mol. The quantitative estimate of drug-likeness (QED) is 0.590. The monoisotopic (exact) mass is 415 g/mol. The van der Waals surface area contributed by atoms with Crippen LogP contribution in [-0.4, -0.2) is 43.7 Å². The third kappa shape index (κ3) is 4.26. The lowest BCUT2D eigenvalue weighted by molar-refractivity contribution is 0.103. The number of pyridine rings is 2. The molecule has 3 atom stereocenters. The molecule has 0 radical (unpaired) electrons. The molecule has 0 amide bonds. The van der Waals surface area contributed by atoms with E-state index in [1.54, 1.807) is 0 Å². The van der Waals surface area contributed by atoms with Crippen molar-refractivity contribution in [3.8, 4) is 6.07 Å². The summed E-state index contributed by atoms with van der Waals surface area (Å²) < 4.78 is 0. The maximum Gasteiger partial charge on any atom is 0.153 e. The second-order valence-electron chi connectivity index (χ2n) is 8.99. The second kappa shape index (κ2) is 8.64. The first-order chi connectivity index (χ1) is 15.2. The highest BCUT2D eigenvalue weighted by Gasteiger charge is 2.39. The van der Waals surface area contributed by atoms with Gasteiger partial charge < -0.3 is 5.32 Å². The van der Waals surface area contributed by atoms with Gasteiger partial charge in [0.05, 0.1) is 17.3 Å². The lowest BCUT2D eigenvalue weighted by Gasteiger charge is -2.38. The molecule has 1 unspecified atom stereocenters. The average Bonchev–Trinajstić information content (AvgIpc) is 3.28. The summed E-state index contributed by atoms with van der Waals surface area (Å²) in [4.78, 5) is 12.1. The Morgan fingerprint density at radius 3 is 2.81 bits per heavy atom. The molecule has 31 heavy (non-hydrogen) atoms. The van der Waals surface area contributed by atoms with Crippen LogP contribution in [0.1, 0.15) is 49.9 Å². The number of aryl methyl sites for hydroxylation is 2. The molecule has 2 N–H and O–H groups in total. The van der Waals surface area contributed by atoms with Crippen molar-refractivity contribution in [3.05, 3.63) is 41.9 Å². The number of hydrogen-bond acceptors (Lipinski definition) is 6. The second-order valence-corrected chi connectivity index (χ2v) is 8.99. The smallest absolute Gasteiger partial charge is 0.153 e. The van der Waals surface area contributed by atoms with Crippen LogP contribution in [0.4, 0.5) is 11.6 Å². The first-order valence-electron chi connectivity index (χ1n) is 11.4. The van der Waals surface area contributed by atoms with Gasteiger partial charge in [0.2, 0.25) is 0 Å². The zero-order valence-corrected chi connectivity index (χ0v) is 18.0. The topological polar surface area (TPSA) is 93.5 Å². The SMILES string of the molecule is Cc1cc(Nc2cc3ncccc3c(CCC3C[C@H]4CC[C@@H](C3)N4CCC#N)n2)n[nH]1. The number of rotatable bonds is 7. The fourth-order valence-electron chi connectivity index (χ4n) is 5.52. The van der Waals surface area contributed by atoms with E-state index in [1.807, 2.05) is 31.3 Å². The Balaban J connectivity index is 1.30. The predicted octanol–water partition coefficient (Wildman–Crippen LogP) is 4.49. The largest absolute Gasteiger partial charge is 0.323 e. The van der Waals surface area contributed by atoms with E-state index >= 15 is 0 Å². The van der Waals surface area contributed by atoms with E-state index in [9.17, 15) is 0 Å². The van der Waals surface area contributed by atoms with Gasteiger partial charge in [-0.2, -0.15) is 10.4 Å². The molecule has 2 aliphatic rings. The van der Waals surface area contributed by atoms with Crippen molar-refractivity contribution < 1.29 is 0 Å².